The van der Waals surface area contributed by atoms with Gasteiger partial charge in [-0.05, 0) is 72.9 Å². The molecule has 3 aromatic rings. The summed E-state index contributed by atoms with van der Waals surface area (Å²) >= 11 is 0. The Bertz CT molecular complexity index is 850. The molecule has 0 aliphatic heterocycles. The molecule has 2 aromatic carbocycles. The number of aryl methyl sites for hydroxylation is 6. The zero-order valence-corrected chi connectivity index (χ0v) is 20.0. The average Bonchev–Trinajstić information content (AvgIpc) is 2.50. The van der Waals surface area contributed by atoms with Crippen LogP contribution < -0.4 is 0 Å². The van der Waals surface area contributed by atoms with E-state index >= 15 is 0 Å². The van der Waals surface area contributed by atoms with Crippen molar-refractivity contribution in [2.24, 2.45) is 5.92 Å². The van der Waals surface area contributed by atoms with E-state index in [4.69, 9.17) is 0 Å². The van der Waals surface area contributed by atoms with Gasteiger partial charge in [-0.25, -0.2) is 0 Å². The Morgan fingerprint density at radius 2 is 1.30 bits per heavy atom. The van der Waals surface area contributed by atoms with Gasteiger partial charge in [0.15, 0.2) is 0 Å². The summed E-state index contributed by atoms with van der Waals surface area (Å²) in [7, 11) is 1.30. The first kappa shape index (κ1) is 20.5. The molecule has 2 heteroatoms. The minimum atomic E-state index is -0.173. The van der Waals surface area contributed by atoms with Crippen LogP contribution in [0.25, 0.3) is 21.2 Å². The molecule has 0 saturated heterocycles. The maximum atomic E-state index is 2.36. The van der Waals surface area contributed by atoms with Crippen LogP contribution in [0.4, 0.5) is 0 Å². The molecule has 0 aliphatic carbocycles. The Morgan fingerprint density at radius 1 is 0.815 bits per heavy atom. The Balaban J connectivity index is 2.15. The monoisotopic (exact) mass is 395 g/mol. The summed E-state index contributed by atoms with van der Waals surface area (Å²) in [6.45, 7) is 18.3. The van der Waals surface area contributed by atoms with Crippen LogP contribution in [0.3, 0.4) is 0 Å². The fourth-order valence-corrected chi connectivity index (χ4v) is 10.2. The van der Waals surface area contributed by atoms with Crippen LogP contribution in [0, 0.1) is 47.5 Å². The second kappa shape index (κ2) is 8.03. The highest BCUT2D eigenvalue weighted by atomic mass is 31.1. The molecular formula is C25H33P2-. The molecule has 0 spiro atoms. The van der Waals surface area contributed by atoms with Crippen molar-refractivity contribution >= 4 is 15.7 Å². The predicted octanol–water partition coefficient (Wildman–Crippen LogP) is 9.20. The minimum Gasteiger partial charge on any atom is -0.170 e. The van der Waals surface area contributed by atoms with Crippen molar-refractivity contribution in [2.45, 2.75) is 68.0 Å². The maximum Gasteiger partial charge on any atom is -0.0252 e. The van der Waals surface area contributed by atoms with Crippen LogP contribution in [-0.4, -0.2) is 0 Å². The molecule has 1 aromatic heterocycles. The molecule has 0 radical (unpaired) electrons. The molecular weight excluding hydrogens is 362 g/mol. The summed E-state index contributed by atoms with van der Waals surface area (Å²) in [5, 5.41) is 3.44. The smallest absolute Gasteiger partial charge is 0.0252 e. The van der Waals surface area contributed by atoms with Crippen molar-refractivity contribution in [3.8, 4) is 21.2 Å². The van der Waals surface area contributed by atoms with Crippen molar-refractivity contribution in [1.82, 2.24) is 0 Å². The van der Waals surface area contributed by atoms with E-state index in [2.05, 4.69) is 79.7 Å². The van der Waals surface area contributed by atoms with Crippen LogP contribution in [0.15, 0.2) is 24.3 Å². The molecule has 0 fully saturated rings. The van der Waals surface area contributed by atoms with Crippen molar-refractivity contribution in [1.29, 1.82) is 0 Å². The maximum absolute atomic E-state index is 2.36. The molecule has 0 N–H and O–H groups in total. The quantitative estimate of drug-likeness (QED) is 0.378. The molecule has 0 atom stereocenters. The second-order valence-electron chi connectivity index (χ2n) is 8.64. The van der Waals surface area contributed by atoms with Gasteiger partial charge in [0.2, 0.25) is 0 Å². The van der Waals surface area contributed by atoms with E-state index in [1.807, 2.05) is 0 Å². The van der Waals surface area contributed by atoms with Gasteiger partial charge in [-0.1, -0.05) is 63.1 Å². The lowest BCUT2D eigenvalue weighted by molar-refractivity contribution is 0.611. The van der Waals surface area contributed by atoms with Crippen LogP contribution in [-0.2, 0) is 6.16 Å². The normalized spacial score (nSPS) is 12.6. The first-order valence-electron chi connectivity index (χ1n) is 10.1. The van der Waals surface area contributed by atoms with E-state index in [0.717, 1.165) is 5.92 Å². The molecule has 27 heavy (non-hydrogen) atoms. The lowest BCUT2D eigenvalue weighted by atomic mass is 10.0. The summed E-state index contributed by atoms with van der Waals surface area (Å²) in [4.78, 5) is 0. The number of hydrogen-bond acceptors (Lipinski definition) is 0. The first-order valence-corrected chi connectivity index (χ1v) is 12.5. The summed E-state index contributed by atoms with van der Waals surface area (Å²) in [5.41, 5.74) is 11.7. The zero-order chi connectivity index (χ0) is 19.9. The molecule has 0 saturated carbocycles. The molecule has 144 valence electrons. The van der Waals surface area contributed by atoms with E-state index in [1.165, 1.54) is 54.2 Å². The van der Waals surface area contributed by atoms with E-state index in [0.29, 0.717) is 0 Å². The highest BCUT2D eigenvalue weighted by Gasteiger charge is 2.18. The van der Waals surface area contributed by atoms with Crippen molar-refractivity contribution < 1.29 is 0 Å². The summed E-state index contributed by atoms with van der Waals surface area (Å²) < 4.78 is 0. The van der Waals surface area contributed by atoms with E-state index in [9.17, 15) is 0 Å². The minimum absolute atomic E-state index is 0.173. The molecule has 1 heterocycles. The standard InChI is InChI=1S/C25H33P2/c1-15(2)9-10-27-24(22-18(5)11-16(3)12-19(22)6)26-25(27)23-20(7)13-17(4)14-21(23)8/h11-15H,9-10H2,1-8H3/q-1. The van der Waals surface area contributed by atoms with Gasteiger partial charge in [-0.2, -0.15) is 7.53 Å². The second-order valence-corrected chi connectivity index (χ2v) is 12.7. The van der Waals surface area contributed by atoms with Crippen LogP contribution >= 0.6 is 15.7 Å². The Morgan fingerprint density at radius 3 is 1.78 bits per heavy atom. The molecule has 0 aliphatic rings. The van der Waals surface area contributed by atoms with Crippen molar-refractivity contribution in [2.75, 3.05) is 0 Å². The predicted molar refractivity (Wildman–Crippen MR) is 126 cm³/mol. The molecule has 0 bridgehead atoms. The van der Waals surface area contributed by atoms with Gasteiger partial charge in [0.1, 0.15) is 0 Å². The van der Waals surface area contributed by atoms with Crippen LogP contribution in [0.2, 0.25) is 0 Å². The van der Waals surface area contributed by atoms with Crippen molar-refractivity contribution in [3.63, 3.8) is 0 Å². The van der Waals surface area contributed by atoms with Crippen LogP contribution in [0.5, 0.6) is 0 Å². The van der Waals surface area contributed by atoms with Gasteiger partial charge >= 0.3 is 0 Å². The summed E-state index contributed by atoms with van der Waals surface area (Å²) in [6, 6.07) is 9.45. The van der Waals surface area contributed by atoms with Gasteiger partial charge in [0, 0.05) is 0 Å². The lowest BCUT2D eigenvalue weighted by Gasteiger charge is -2.31. The Hall–Kier alpha value is -1.22. The SMILES string of the molecule is Cc1cc(C)c(-c2p[c-](-c3c(C)cc(C)cc3C)p2CCC(C)C)c(C)c1. The Kier molecular flexibility index (Phi) is 6.10. The number of benzene rings is 2. The van der Waals surface area contributed by atoms with Crippen molar-refractivity contribution in [3.05, 3.63) is 57.6 Å². The molecule has 3 rings (SSSR count). The highest BCUT2D eigenvalue weighted by molar-refractivity contribution is 7.78. The topological polar surface area (TPSA) is 0 Å². The third-order valence-corrected chi connectivity index (χ3v) is 10.5. The van der Waals surface area contributed by atoms with Gasteiger partial charge in [-0.3, -0.25) is 0 Å². The number of rotatable bonds is 5. The third kappa shape index (κ3) is 4.13. The first-order chi connectivity index (χ1) is 12.7. The van der Waals surface area contributed by atoms with Gasteiger partial charge in [0.25, 0.3) is 0 Å². The average molecular weight is 395 g/mol. The molecule has 0 amide bonds. The van der Waals surface area contributed by atoms with E-state index in [1.54, 1.807) is 21.2 Å². The third-order valence-electron chi connectivity index (χ3n) is 5.45. The summed E-state index contributed by atoms with van der Waals surface area (Å²) in [5.74, 6) is 0.771. The van der Waals surface area contributed by atoms with E-state index < -0.39 is 0 Å². The fourth-order valence-electron chi connectivity index (χ4n) is 4.32. The Labute approximate surface area is 168 Å². The molecule has 0 unspecified atom stereocenters. The zero-order valence-electron chi connectivity index (χ0n) is 18.2. The van der Waals surface area contributed by atoms with Gasteiger partial charge in [0.05, 0.1) is 0 Å². The van der Waals surface area contributed by atoms with Gasteiger partial charge < -0.3 is 0 Å². The fraction of sp³-hybridized carbons (Fsp3) is 0.440. The largest absolute Gasteiger partial charge is 0.170 e. The highest BCUT2D eigenvalue weighted by Crippen LogP contribution is 2.65. The number of hydrogen-bond donors (Lipinski definition) is 0. The van der Waals surface area contributed by atoms with Crippen LogP contribution in [0.1, 0.15) is 53.6 Å². The molecule has 0 nitrogen and oxygen atoms in total. The lowest BCUT2D eigenvalue weighted by Crippen LogP contribution is -1.95. The van der Waals surface area contributed by atoms with E-state index in [-0.39, 0.29) is 7.53 Å². The van der Waals surface area contributed by atoms with Gasteiger partial charge in [-0.15, -0.1) is 24.9 Å². The summed E-state index contributed by atoms with van der Waals surface area (Å²) in [6.07, 6.45) is 2.66.